The summed E-state index contributed by atoms with van der Waals surface area (Å²) >= 11 is 0. The fourth-order valence-electron chi connectivity index (χ4n) is 3.78. The quantitative estimate of drug-likeness (QED) is 0.330. The van der Waals surface area contributed by atoms with E-state index in [4.69, 9.17) is 0 Å². The SMILES string of the molecule is CC(C)CNS(=O)(=O)c1ccc(C=C2CCN(S(C)(=O)=O)CC2)cc1.CC(C)CNS(=O)(=O)c1ccc(C[PH3+])cc1.[Br-]. The van der Waals surface area contributed by atoms with Crippen LogP contribution in [-0.4, -0.2) is 62.0 Å². The maximum absolute atomic E-state index is 12.2. The third kappa shape index (κ3) is 13.2. The predicted octanol–water partition coefficient (Wildman–Crippen LogP) is 0.792. The predicted molar refractivity (Wildman–Crippen MR) is 171 cm³/mol. The zero-order valence-electron chi connectivity index (χ0n) is 25.0. The maximum atomic E-state index is 12.2. The summed E-state index contributed by atoms with van der Waals surface area (Å²) in [5.41, 5.74) is 3.25. The van der Waals surface area contributed by atoms with Crippen LogP contribution in [0, 0.1) is 11.8 Å². The first-order chi connectivity index (χ1) is 19.0. The van der Waals surface area contributed by atoms with Crippen molar-refractivity contribution in [1.29, 1.82) is 0 Å². The molecule has 1 fully saturated rings. The molecule has 238 valence electrons. The molecule has 0 bridgehead atoms. The van der Waals surface area contributed by atoms with E-state index in [0.717, 1.165) is 17.3 Å². The number of sulfonamides is 3. The van der Waals surface area contributed by atoms with E-state index >= 15 is 0 Å². The lowest BCUT2D eigenvalue weighted by atomic mass is 10.0. The van der Waals surface area contributed by atoms with E-state index < -0.39 is 30.1 Å². The standard InChI is InChI=1S/C17H26N2O4S2.C11H18NO2PS.BrH/c1-14(2)13-18-25(22,23)17-6-4-15(5-7-17)12-16-8-10-19(11-9-16)24(3,20)21;1-9(2)7-12-16(13,14)11-5-3-10(8-15)4-6-11;/h4-7,12,14,18H,8-11,13H2,1-3H3;3-6,9,12H,7-8,15H2,1-2H3;1H. The Balaban J connectivity index is 0.000000450. The van der Waals surface area contributed by atoms with Gasteiger partial charge < -0.3 is 17.0 Å². The molecule has 14 heteroatoms. The van der Waals surface area contributed by atoms with Gasteiger partial charge in [-0.3, -0.25) is 0 Å². The van der Waals surface area contributed by atoms with E-state index in [1.807, 2.05) is 55.1 Å². The van der Waals surface area contributed by atoms with Gasteiger partial charge in [-0.2, -0.15) is 0 Å². The summed E-state index contributed by atoms with van der Waals surface area (Å²) in [5, 5.41) is 0. The number of hydrogen-bond acceptors (Lipinski definition) is 6. The molecule has 1 atom stereocenters. The summed E-state index contributed by atoms with van der Waals surface area (Å²) in [6, 6.07) is 13.8. The lowest BCUT2D eigenvalue weighted by molar-refractivity contribution is -0.0000164. The van der Waals surface area contributed by atoms with Crippen LogP contribution in [0.1, 0.15) is 51.7 Å². The average molecular weight is 727 g/mol. The second kappa shape index (κ2) is 17.3. The van der Waals surface area contributed by atoms with Crippen molar-refractivity contribution in [3.63, 3.8) is 0 Å². The molecule has 9 nitrogen and oxygen atoms in total. The average Bonchev–Trinajstić information content (AvgIpc) is 2.91. The molecule has 2 N–H and O–H groups in total. The molecule has 1 aliphatic rings. The molecule has 2 aromatic carbocycles. The molecule has 0 saturated carbocycles. The van der Waals surface area contributed by atoms with Crippen LogP contribution >= 0.6 is 9.24 Å². The molecule has 0 aromatic heterocycles. The van der Waals surface area contributed by atoms with Gasteiger partial charge in [-0.05, 0) is 69.3 Å². The first kappa shape index (κ1) is 38.8. The van der Waals surface area contributed by atoms with Crippen molar-refractivity contribution in [3.05, 3.63) is 65.2 Å². The van der Waals surface area contributed by atoms with Crippen LogP contribution in [0.25, 0.3) is 6.08 Å². The van der Waals surface area contributed by atoms with Gasteiger partial charge in [-0.25, -0.2) is 39.0 Å². The van der Waals surface area contributed by atoms with Crippen LogP contribution in [0.15, 0.2) is 63.9 Å². The zero-order valence-corrected chi connectivity index (χ0v) is 30.5. The summed E-state index contributed by atoms with van der Waals surface area (Å²) < 4.78 is 77.7. The van der Waals surface area contributed by atoms with Crippen LogP contribution in [0.2, 0.25) is 0 Å². The molecular formula is C28H45BrN3O6PS3. The number of rotatable bonds is 11. The van der Waals surface area contributed by atoms with E-state index in [9.17, 15) is 25.3 Å². The zero-order chi connectivity index (χ0) is 30.8. The Kier molecular flexibility index (Phi) is 16.0. The molecule has 1 unspecified atom stereocenters. The second-order valence-corrected chi connectivity index (χ2v) is 16.9. The number of benzene rings is 2. The number of hydrogen-bond donors (Lipinski definition) is 2. The van der Waals surface area contributed by atoms with Gasteiger partial charge in [-0.1, -0.05) is 63.6 Å². The highest BCUT2D eigenvalue weighted by molar-refractivity contribution is 7.89. The minimum atomic E-state index is -3.47. The summed E-state index contributed by atoms with van der Waals surface area (Å²) in [7, 11) is -8.07. The fourth-order valence-corrected chi connectivity index (χ4v) is 7.39. The van der Waals surface area contributed by atoms with E-state index in [2.05, 4.69) is 9.44 Å². The Morgan fingerprint density at radius 1 is 0.762 bits per heavy atom. The van der Waals surface area contributed by atoms with Crippen molar-refractivity contribution < 1.29 is 42.2 Å². The Morgan fingerprint density at radius 2 is 1.17 bits per heavy atom. The molecule has 2 aromatic rings. The molecule has 3 rings (SSSR count). The first-order valence-corrected chi connectivity index (χ1v) is 19.5. The summed E-state index contributed by atoms with van der Waals surface area (Å²) in [6.07, 6.45) is 5.58. The molecule has 0 aliphatic carbocycles. The first-order valence-electron chi connectivity index (χ1n) is 13.7. The second-order valence-electron chi connectivity index (χ2n) is 10.9. The van der Waals surface area contributed by atoms with Gasteiger partial charge >= 0.3 is 0 Å². The van der Waals surface area contributed by atoms with E-state index in [0.29, 0.717) is 49.8 Å². The van der Waals surface area contributed by atoms with Crippen LogP contribution in [0.5, 0.6) is 0 Å². The number of nitrogens with one attached hydrogen (secondary N) is 2. The minimum absolute atomic E-state index is 0. The van der Waals surface area contributed by atoms with Crippen LogP contribution in [0.3, 0.4) is 0 Å². The Bertz CT molecular complexity index is 1470. The molecule has 0 amide bonds. The van der Waals surface area contributed by atoms with Gasteiger partial charge in [0.2, 0.25) is 30.1 Å². The Morgan fingerprint density at radius 3 is 1.52 bits per heavy atom. The van der Waals surface area contributed by atoms with E-state index in [1.54, 1.807) is 36.4 Å². The molecule has 0 radical (unpaired) electrons. The smallest absolute Gasteiger partial charge is 0.240 e. The van der Waals surface area contributed by atoms with Gasteiger partial charge in [0.25, 0.3) is 0 Å². The van der Waals surface area contributed by atoms with Crippen molar-refractivity contribution in [2.75, 3.05) is 32.4 Å². The van der Waals surface area contributed by atoms with Crippen molar-refractivity contribution in [1.82, 2.24) is 13.7 Å². The van der Waals surface area contributed by atoms with Gasteiger partial charge in [0.05, 0.1) is 22.2 Å². The highest BCUT2D eigenvalue weighted by Gasteiger charge is 2.21. The lowest BCUT2D eigenvalue weighted by Crippen LogP contribution is -3.00. The van der Waals surface area contributed by atoms with Crippen LogP contribution < -0.4 is 26.4 Å². The third-order valence-electron chi connectivity index (χ3n) is 6.28. The molecule has 42 heavy (non-hydrogen) atoms. The van der Waals surface area contributed by atoms with Crippen molar-refractivity contribution >= 4 is 45.4 Å². The topological polar surface area (TPSA) is 130 Å². The minimum Gasteiger partial charge on any atom is -1.00 e. The largest absolute Gasteiger partial charge is 1.00 e. The van der Waals surface area contributed by atoms with Crippen molar-refractivity contribution in [2.24, 2.45) is 11.8 Å². The Labute approximate surface area is 266 Å². The molecule has 1 saturated heterocycles. The lowest BCUT2D eigenvalue weighted by Gasteiger charge is -2.26. The highest BCUT2D eigenvalue weighted by atomic mass is 79.9. The molecular weight excluding hydrogens is 681 g/mol. The molecule has 1 aliphatic heterocycles. The summed E-state index contributed by atoms with van der Waals surface area (Å²) in [5.74, 6) is 0.558. The molecule has 0 spiro atoms. The number of nitrogens with zero attached hydrogens (tertiary/aromatic N) is 1. The normalized spacial score (nSPS) is 14.8. The molecule has 1 heterocycles. The maximum Gasteiger partial charge on any atom is 0.240 e. The monoisotopic (exact) mass is 725 g/mol. The number of piperidine rings is 1. The van der Waals surface area contributed by atoms with Crippen LogP contribution in [-0.2, 0) is 36.2 Å². The van der Waals surface area contributed by atoms with Gasteiger partial charge in [-0.15, -0.1) is 0 Å². The summed E-state index contributed by atoms with van der Waals surface area (Å²) in [4.78, 5) is 0.593. The van der Waals surface area contributed by atoms with Gasteiger partial charge in [0.15, 0.2) is 0 Å². The number of halogens is 1. The van der Waals surface area contributed by atoms with Crippen molar-refractivity contribution in [3.8, 4) is 0 Å². The third-order valence-corrected chi connectivity index (χ3v) is 11.0. The van der Waals surface area contributed by atoms with E-state index in [-0.39, 0.29) is 27.8 Å². The van der Waals surface area contributed by atoms with Gasteiger partial charge in [0, 0.05) is 26.2 Å². The van der Waals surface area contributed by atoms with E-state index in [1.165, 1.54) is 16.1 Å². The van der Waals surface area contributed by atoms with Gasteiger partial charge in [0.1, 0.15) is 0 Å². The highest BCUT2D eigenvalue weighted by Crippen LogP contribution is 2.22. The Hall–Kier alpha value is -1.18. The van der Waals surface area contributed by atoms with Crippen molar-refractivity contribution in [2.45, 2.75) is 56.5 Å². The fraction of sp³-hybridized carbons (Fsp3) is 0.500. The summed E-state index contributed by atoms with van der Waals surface area (Å²) in [6.45, 7) is 9.73. The van der Waals surface area contributed by atoms with Crippen LogP contribution in [0.4, 0.5) is 0 Å².